The summed E-state index contributed by atoms with van der Waals surface area (Å²) >= 11 is 0. The molecule has 1 aliphatic rings. The Morgan fingerprint density at radius 3 is 2.42 bits per heavy atom. The van der Waals surface area contributed by atoms with Gasteiger partial charge in [0.25, 0.3) is 0 Å². The maximum atomic E-state index is 11.2. The minimum absolute atomic E-state index is 0.0306. The molecule has 4 heteroatoms. The van der Waals surface area contributed by atoms with Gasteiger partial charge in [0.2, 0.25) is 0 Å². The third-order valence-electron chi connectivity index (χ3n) is 2.26. The molecule has 0 saturated carbocycles. The highest BCUT2D eigenvalue weighted by Crippen LogP contribution is 2.09. The maximum absolute atomic E-state index is 11.2. The van der Waals surface area contributed by atoms with Gasteiger partial charge < -0.3 is 5.32 Å². The molecule has 0 bridgehead atoms. The second kappa shape index (κ2) is 4.30. The molecule has 0 aliphatic carbocycles. The fourth-order valence-corrected chi connectivity index (χ4v) is 1.47. The van der Waals surface area contributed by atoms with E-state index in [0.717, 1.165) is 13.1 Å². The van der Waals surface area contributed by atoms with Crippen molar-refractivity contribution in [1.82, 2.24) is 15.3 Å². The normalized spacial score (nSPS) is 18.8. The zero-order valence-corrected chi connectivity index (χ0v) is 7.84. The Hall–Kier alpha value is -0.770. The van der Waals surface area contributed by atoms with Crippen LogP contribution >= 0.6 is 0 Å². The lowest BCUT2D eigenvalue weighted by molar-refractivity contribution is 0.0198. The second-order valence-electron chi connectivity index (χ2n) is 3.09. The number of nitrogens with one attached hydrogen (secondary N) is 1. The molecule has 0 atom stereocenters. The monoisotopic (exact) mass is 171 g/mol. The van der Waals surface area contributed by atoms with E-state index in [1.165, 1.54) is 19.3 Å². The van der Waals surface area contributed by atoms with Crippen molar-refractivity contribution in [2.24, 2.45) is 0 Å². The lowest BCUT2D eigenvalue weighted by atomic mass is 10.2. The summed E-state index contributed by atoms with van der Waals surface area (Å²) in [6.07, 6.45) is 3.68. The second-order valence-corrected chi connectivity index (χ2v) is 3.09. The highest BCUT2D eigenvalue weighted by atomic mass is 16.2. The van der Waals surface area contributed by atoms with Crippen LogP contribution in [0.2, 0.25) is 0 Å². The highest BCUT2D eigenvalue weighted by Gasteiger charge is 2.17. The van der Waals surface area contributed by atoms with Crippen LogP contribution in [0.15, 0.2) is 0 Å². The molecule has 70 valence electrons. The average molecular weight is 171 g/mol. The summed E-state index contributed by atoms with van der Waals surface area (Å²) in [7, 11) is 3.47. The molecule has 0 spiro atoms. The number of rotatable bonds is 1. The Balaban J connectivity index is 2.39. The van der Waals surface area contributed by atoms with Crippen LogP contribution in [0, 0.1) is 0 Å². The smallest absolute Gasteiger partial charge is 0.331 e. The molecule has 0 aromatic carbocycles. The number of nitrogens with zero attached hydrogens (tertiary/aromatic N) is 2. The first-order valence-corrected chi connectivity index (χ1v) is 4.46. The predicted molar refractivity (Wildman–Crippen MR) is 47.6 cm³/mol. The zero-order chi connectivity index (χ0) is 8.97. The van der Waals surface area contributed by atoms with E-state index in [2.05, 4.69) is 10.3 Å². The third kappa shape index (κ3) is 2.11. The summed E-state index contributed by atoms with van der Waals surface area (Å²) in [4.78, 5) is 11.2. The van der Waals surface area contributed by atoms with E-state index in [-0.39, 0.29) is 6.03 Å². The Kier molecular flexibility index (Phi) is 3.34. The van der Waals surface area contributed by atoms with Crippen molar-refractivity contribution >= 4 is 6.03 Å². The molecule has 4 nitrogen and oxygen atoms in total. The Bertz CT molecular complexity index is 154. The molecule has 12 heavy (non-hydrogen) atoms. The number of hydrogen-bond donors (Lipinski definition) is 1. The Labute approximate surface area is 73.5 Å². The van der Waals surface area contributed by atoms with Gasteiger partial charge in [-0.2, -0.15) is 0 Å². The van der Waals surface area contributed by atoms with Crippen molar-refractivity contribution in [2.45, 2.75) is 19.3 Å². The van der Waals surface area contributed by atoms with Gasteiger partial charge in [-0.1, -0.05) is 6.42 Å². The highest BCUT2D eigenvalue weighted by molar-refractivity contribution is 5.72. The van der Waals surface area contributed by atoms with Crippen molar-refractivity contribution < 1.29 is 4.79 Å². The minimum Gasteiger partial charge on any atom is -0.340 e. The van der Waals surface area contributed by atoms with Gasteiger partial charge in [-0.15, -0.1) is 0 Å². The van der Waals surface area contributed by atoms with Crippen LogP contribution in [0.4, 0.5) is 4.79 Å². The lowest BCUT2D eigenvalue weighted by Gasteiger charge is -2.34. The first kappa shape index (κ1) is 9.32. The third-order valence-corrected chi connectivity index (χ3v) is 2.26. The molecule has 1 aliphatic heterocycles. The van der Waals surface area contributed by atoms with E-state index in [1.807, 2.05) is 7.05 Å². The van der Waals surface area contributed by atoms with Gasteiger partial charge in [0, 0.05) is 27.2 Å². The largest absolute Gasteiger partial charge is 0.340 e. The molecular weight excluding hydrogens is 154 g/mol. The molecule has 0 radical (unpaired) electrons. The van der Waals surface area contributed by atoms with E-state index in [9.17, 15) is 4.79 Å². The van der Waals surface area contributed by atoms with E-state index in [1.54, 1.807) is 12.1 Å². The van der Waals surface area contributed by atoms with Gasteiger partial charge in [-0.3, -0.25) is 5.01 Å². The number of amides is 2. The SMILES string of the molecule is CNC(=O)N(C)N1CCCCC1. The molecule has 1 heterocycles. The van der Waals surface area contributed by atoms with Gasteiger partial charge in [-0.25, -0.2) is 9.80 Å². The number of carbonyl (C=O) groups is 1. The summed E-state index contributed by atoms with van der Waals surface area (Å²) in [6, 6.07) is -0.0306. The van der Waals surface area contributed by atoms with Gasteiger partial charge in [-0.05, 0) is 12.8 Å². The van der Waals surface area contributed by atoms with Gasteiger partial charge in [0.15, 0.2) is 0 Å². The number of urea groups is 1. The van der Waals surface area contributed by atoms with Crippen LogP contribution in [0.3, 0.4) is 0 Å². The van der Waals surface area contributed by atoms with Crippen molar-refractivity contribution in [3.8, 4) is 0 Å². The van der Waals surface area contributed by atoms with Crippen molar-refractivity contribution in [3.63, 3.8) is 0 Å². The molecule has 2 amide bonds. The van der Waals surface area contributed by atoms with Crippen LogP contribution in [0.5, 0.6) is 0 Å². The summed E-state index contributed by atoms with van der Waals surface area (Å²) in [5.41, 5.74) is 0. The molecule has 1 fully saturated rings. The number of piperidine rings is 1. The van der Waals surface area contributed by atoms with Gasteiger partial charge in [0.05, 0.1) is 0 Å². The van der Waals surface area contributed by atoms with E-state index >= 15 is 0 Å². The molecule has 1 rings (SSSR count). The number of hydrogen-bond acceptors (Lipinski definition) is 2. The van der Waals surface area contributed by atoms with Crippen LogP contribution in [0.1, 0.15) is 19.3 Å². The molecular formula is C8H17N3O. The minimum atomic E-state index is -0.0306. The maximum Gasteiger partial charge on any atom is 0.331 e. The lowest BCUT2D eigenvalue weighted by Crippen LogP contribution is -2.49. The van der Waals surface area contributed by atoms with E-state index < -0.39 is 0 Å². The van der Waals surface area contributed by atoms with E-state index in [4.69, 9.17) is 0 Å². The van der Waals surface area contributed by atoms with Crippen LogP contribution in [-0.4, -0.2) is 43.2 Å². The molecule has 1 N–H and O–H groups in total. The van der Waals surface area contributed by atoms with Crippen LogP contribution < -0.4 is 5.32 Å². The molecule has 0 unspecified atom stereocenters. The molecule has 1 saturated heterocycles. The van der Waals surface area contributed by atoms with E-state index in [0.29, 0.717) is 0 Å². The first-order chi connectivity index (χ1) is 5.75. The summed E-state index contributed by atoms with van der Waals surface area (Å²) in [6.45, 7) is 2.01. The standard InChI is InChI=1S/C8H17N3O/c1-9-8(12)10(2)11-6-4-3-5-7-11/h3-7H2,1-2H3,(H,9,12). The Morgan fingerprint density at radius 1 is 1.33 bits per heavy atom. The van der Waals surface area contributed by atoms with Crippen LogP contribution in [-0.2, 0) is 0 Å². The van der Waals surface area contributed by atoms with Crippen molar-refractivity contribution in [2.75, 3.05) is 27.2 Å². The molecule has 0 aromatic rings. The number of hydrazine groups is 1. The number of carbonyl (C=O) groups excluding carboxylic acids is 1. The van der Waals surface area contributed by atoms with Gasteiger partial charge in [0.1, 0.15) is 0 Å². The summed E-state index contributed by atoms with van der Waals surface area (Å²) in [5, 5.41) is 6.36. The quantitative estimate of drug-likeness (QED) is 0.629. The van der Waals surface area contributed by atoms with Crippen LogP contribution in [0.25, 0.3) is 0 Å². The summed E-state index contributed by atoms with van der Waals surface area (Å²) < 4.78 is 0. The molecule has 0 aromatic heterocycles. The topological polar surface area (TPSA) is 35.6 Å². The van der Waals surface area contributed by atoms with Crippen molar-refractivity contribution in [3.05, 3.63) is 0 Å². The fourth-order valence-electron chi connectivity index (χ4n) is 1.47. The Morgan fingerprint density at radius 2 is 1.92 bits per heavy atom. The predicted octanol–water partition coefficient (Wildman–Crippen LogP) is 0.658. The first-order valence-electron chi connectivity index (χ1n) is 4.46. The fraction of sp³-hybridized carbons (Fsp3) is 0.875. The average Bonchev–Trinajstić information content (AvgIpc) is 2.17. The zero-order valence-electron chi connectivity index (χ0n) is 7.84. The van der Waals surface area contributed by atoms with Crippen molar-refractivity contribution in [1.29, 1.82) is 0 Å². The summed E-state index contributed by atoms with van der Waals surface area (Å²) in [5.74, 6) is 0. The van der Waals surface area contributed by atoms with Gasteiger partial charge >= 0.3 is 6.03 Å².